The van der Waals surface area contributed by atoms with Crippen molar-refractivity contribution >= 4 is 5.97 Å². The maximum Gasteiger partial charge on any atom is 0.428 e. The Bertz CT molecular complexity index is 1320. The van der Waals surface area contributed by atoms with Crippen molar-refractivity contribution in [2.75, 3.05) is 20.7 Å². The number of aliphatic hydroxyl groups is 4. The minimum atomic E-state index is -4.69. The molecule has 0 amide bonds. The number of fused-ring (bicyclic) bond motifs is 1. The van der Waals surface area contributed by atoms with Crippen LogP contribution in [-0.4, -0.2) is 154 Å². The number of nitrogens with zero attached hydrogens (tertiary/aromatic N) is 1. The number of esters is 1. The summed E-state index contributed by atoms with van der Waals surface area (Å²) in [6, 6.07) is -1.38. The van der Waals surface area contributed by atoms with E-state index in [1.807, 2.05) is 6.92 Å². The summed E-state index contributed by atoms with van der Waals surface area (Å²) < 4.78 is 85.6. The van der Waals surface area contributed by atoms with Gasteiger partial charge in [-0.3, -0.25) is 9.69 Å². The minimum Gasteiger partial charge on any atom is -0.459 e. The predicted octanol–water partition coefficient (Wildman–Crippen LogP) is 3.25. The second kappa shape index (κ2) is 17.4. The van der Waals surface area contributed by atoms with Crippen molar-refractivity contribution in [2.24, 2.45) is 17.8 Å². The molecule has 5 N–H and O–H groups in total. The summed E-state index contributed by atoms with van der Waals surface area (Å²) in [5.74, 6) is -3.12. The zero-order chi connectivity index (χ0) is 42.5. The van der Waals surface area contributed by atoms with Gasteiger partial charge in [-0.05, 0) is 94.2 Å². The topological polar surface area (TPSA) is 178 Å². The van der Waals surface area contributed by atoms with Crippen LogP contribution in [0.4, 0.5) is 13.2 Å². The lowest BCUT2D eigenvalue weighted by Crippen LogP contribution is -2.65. The summed E-state index contributed by atoms with van der Waals surface area (Å²) in [4.78, 5) is 15.4. The van der Waals surface area contributed by atoms with Crippen molar-refractivity contribution in [1.29, 1.82) is 0 Å². The molecule has 14 nitrogen and oxygen atoms in total. The van der Waals surface area contributed by atoms with Gasteiger partial charge in [-0.15, -0.1) is 0 Å². The van der Waals surface area contributed by atoms with Crippen LogP contribution in [0.2, 0.25) is 0 Å². The standard InChI is InChI=1S/C39H69F3N2O12/c1-14-26-37(10,48)30(45)23(6)43-18-19(2)16-35(8,47)31(56-33-29-25(15-20(3)51-33)44(12)34(55-29)39(40,41)42)21(4)28(22(5)32(46)53-26)54-27-17-36(9,50-13)38(11,49)24(7)52-27/h19-31,33-34,43,45,47-49H,14-18H2,1-13H3/t19-,20-,21+,22-,23-,24+,25+,26-,27+,28+,29-,30-,31-,33+,34?,35-,36-,37-,38+/m1/s1. The number of cyclic esters (lactones) is 1. The van der Waals surface area contributed by atoms with E-state index in [0.29, 0.717) is 0 Å². The minimum absolute atomic E-state index is 0.0266. The first-order valence-corrected chi connectivity index (χ1v) is 20.0. The Kier molecular flexibility index (Phi) is 14.7. The van der Waals surface area contributed by atoms with E-state index < -0.39 is 120 Å². The van der Waals surface area contributed by atoms with Crippen LogP contribution in [-0.2, 0) is 38.0 Å². The van der Waals surface area contributed by atoms with Gasteiger partial charge < -0.3 is 58.9 Å². The van der Waals surface area contributed by atoms with E-state index in [2.05, 4.69) is 5.32 Å². The third-order valence-corrected chi connectivity index (χ3v) is 13.2. The lowest BCUT2D eigenvalue weighted by Gasteiger charge is -2.52. The number of halogens is 3. The molecule has 4 fully saturated rings. The number of hydrogen-bond acceptors (Lipinski definition) is 14. The van der Waals surface area contributed by atoms with E-state index in [4.69, 9.17) is 33.2 Å². The summed E-state index contributed by atoms with van der Waals surface area (Å²) >= 11 is 0. The van der Waals surface area contributed by atoms with Gasteiger partial charge in [-0.2, -0.15) is 13.2 Å². The van der Waals surface area contributed by atoms with E-state index >= 15 is 0 Å². The Morgan fingerprint density at radius 1 is 0.964 bits per heavy atom. The van der Waals surface area contributed by atoms with Crippen LogP contribution in [0.25, 0.3) is 0 Å². The lowest BCUT2D eigenvalue weighted by molar-refractivity contribution is -0.334. The van der Waals surface area contributed by atoms with Gasteiger partial charge in [0.05, 0.1) is 35.9 Å². The van der Waals surface area contributed by atoms with Crippen LogP contribution in [0.3, 0.4) is 0 Å². The SMILES string of the molecule is CC[C@H]1OC(=O)[C@H](C)[C@@H](O[C@H]2C[C@@](C)(OC)[C@@](C)(O)[C@H](C)O2)[C@H](C)[C@@H](O[C@@H]2O[C@H](C)C[C@H]3[C@H]2OC(C(F)(F)F)N3C)[C@](C)(O)C[C@@H](C)CN[C@H](C)[C@@H](O)[C@]1(C)O. The molecular formula is C39H69F3N2O12. The second-order valence-corrected chi connectivity index (χ2v) is 17.9. The molecule has 4 aliphatic heterocycles. The monoisotopic (exact) mass is 814 g/mol. The van der Waals surface area contributed by atoms with Gasteiger partial charge in [0.15, 0.2) is 12.6 Å². The summed E-state index contributed by atoms with van der Waals surface area (Å²) in [5.41, 5.74) is -6.21. The molecule has 0 aromatic heterocycles. The van der Waals surface area contributed by atoms with E-state index in [1.54, 1.807) is 62.3 Å². The fraction of sp³-hybridized carbons (Fsp3) is 0.974. The molecule has 17 heteroatoms. The molecule has 328 valence electrons. The average Bonchev–Trinajstić information content (AvgIpc) is 3.44. The molecular weight excluding hydrogens is 745 g/mol. The van der Waals surface area contributed by atoms with Gasteiger partial charge in [0, 0.05) is 31.5 Å². The van der Waals surface area contributed by atoms with Crippen LogP contribution in [0, 0.1) is 17.8 Å². The second-order valence-electron chi connectivity index (χ2n) is 17.9. The number of rotatable bonds is 6. The third-order valence-electron chi connectivity index (χ3n) is 13.2. The van der Waals surface area contributed by atoms with Crippen LogP contribution in [0.5, 0.6) is 0 Å². The maximum absolute atomic E-state index is 14.2. The Balaban J connectivity index is 1.82. The molecule has 0 aromatic carbocycles. The molecule has 1 unspecified atom stereocenters. The number of alkyl halides is 3. The van der Waals surface area contributed by atoms with E-state index in [1.165, 1.54) is 21.1 Å². The smallest absolute Gasteiger partial charge is 0.428 e. The van der Waals surface area contributed by atoms with Crippen molar-refractivity contribution in [3.05, 3.63) is 0 Å². The zero-order valence-electron chi connectivity index (χ0n) is 35.3. The molecule has 19 atom stereocenters. The Morgan fingerprint density at radius 2 is 1.59 bits per heavy atom. The predicted molar refractivity (Wildman–Crippen MR) is 197 cm³/mol. The van der Waals surface area contributed by atoms with Crippen molar-refractivity contribution in [3.8, 4) is 0 Å². The van der Waals surface area contributed by atoms with Gasteiger partial charge in [-0.1, -0.05) is 20.8 Å². The van der Waals surface area contributed by atoms with E-state index in [9.17, 15) is 38.4 Å². The Morgan fingerprint density at radius 3 is 2.16 bits per heavy atom. The van der Waals surface area contributed by atoms with Crippen molar-refractivity contribution in [3.63, 3.8) is 0 Å². The van der Waals surface area contributed by atoms with Crippen molar-refractivity contribution in [1.82, 2.24) is 10.2 Å². The normalized spacial score (nSPS) is 50.8. The summed E-state index contributed by atoms with van der Waals surface area (Å²) in [5, 5.41) is 50.1. The zero-order valence-corrected chi connectivity index (χ0v) is 35.3. The molecule has 4 saturated heterocycles. The number of hydrogen-bond donors (Lipinski definition) is 5. The highest BCUT2D eigenvalue weighted by Gasteiger charge is 2.60. The van der Waals surface area contributed by atoms with Gasteiger partial charge in [0.25, 0.3) is 0 Å². The van der Waals surface area contributed by atoms with E-state index in [-0.39, 0.29) is 38.1 Å². The van der Waals surface area contributed by atoms with Gasteiger partial charge in [-0.25, -0.2) is 0 Å². The lowest BCUT2D eigenvalue weighted by atomic mass is 9.76. The molecule has 0 aromatic rings. The first-order chi connectivity index (χ1) is 25.6. The van der Waals surface area contributed by atoms with Crippen LogP contribution < -0.4 is 5.32 Å². The molecule has 0 saturated carbocycles. The van der Waals surface area contributed by atoms with Crippen LogP contribution in [0.15, 0.2) is 0 Å². The quantitative estimate of drug-likeness (QED) is 0.247. The van der Waals surface area contributed by atoms with Crippen molar-refractivity contribution in [2.45, 2.75) is 204 Å². The number of methoxy groups -OCH3 is 1. The number of ether oxygens (including phenoxy) is 7. The van der Waals surface area contributed by atoms with Crippen LogP contribution in [0.1, 0.15) is 102 Å². The number of carbonyl (C=O) groups excluding carboxylic acids is 1. The fourth-order valence-electron chi connectivity index (χ4n) is 9.25. The fourth-order valence-corrected chi connectivity index (χ4v) is 9.25. The highest BCUT2D eigenvalue weighted by atomic mass is 19.4. The van der Waals surface area contributed by atoms with E-state index in [0.717, 1.165) is 4.90 Å². The number of carbonyl (C=O) groups is 1. The Labute approximate surface area is 330 Å². The highest BCUT2D eigenvalue weighted by Crippen LogP contribution is 2.45. The molecule has 4 aliphatic rings. The molecule has 0 radical (unpaired) electrons. The number of aliphatic hydroxyl groups excluding tert-OH is 1. The first-order valence-electron chi connectivity index (χ1n) is 20.0. The summed E-state index contributed by atoms with van der Waals surface area (Å²) in [6.45, 7) is 18.5. The molecule has 0 bridgehead atoms. The maximum atomic E-state index is 14.2. The molecule has 56 heavy (non-hydrogen) atoms. The summed E-state index contributed by atoms with van der Waals surface area (Å²) in [6.07, 6.45) is -16.2. The molecule has 0 aliphatic carbocycles. The Hall–Kier alpha value is -1.22. The summed E-state index contributed by atoms with van der Waals surface area (Å²) in [7, 11) is 2.81. The van der Waals surface area contributed by atoms with Gasteiger partial charge >= 0.3 is 12.1 Å². The number of likely N-dealkylation sites (N-methyl/N-ethyl adjacent to an activating group) is 1. The van der Waals surface area contributed by atoms with Crippen LogP contribution >= 0.6 is 0 Å². The third kappa shape index (κ3) is 9.54. The van der Waals surface area contributed by atoms with Gasteiger partial charge in [0.1, 0.15) is 35.1 Å². The molecule has 0 spiro atoms. The number of nitrogens with one attached hydrogen (secondary N) is 1. The highest BCUT2D eigenvalue weighted by molar-refractivity contribution is 5.73. The molecule has 4 rings (SSSR count). The largest absolute Gasteiger partial charge is 0.459 e. The van der Waals surface area contributed by atoms with Gasteiger partial charge in [0.2, 0.25) is 6.23 Å². The van der Waals surface area contributed by atoms with Crippen molar-refractivity contribution < 1.29 is 71.5 Å². The first kappa shape index (κ1) is 47.5. The average molecular weight is 815 g/mol. The molecule has 4 heterocycles.